The highest BCUT2D eigenvalue weighted by Crippen LogP contribution is 2.27. The van der Waals surface area contributed by atoms with Gasteiger partial charge in [0, 0.05) is 0 Å². The van der Waals surface area contributed by atoms with E-state index in [-0.39, 0.29) is 0 Å². The Kier molecular flexibility index (Phi) is 6.83. The van der Waals surface area contributed by atoms with Gasteiger partial charge < -0.3 is 0 Å². The third kappa shape index (κ3) is 5.87. The molecular weight excluding hydrogens is 219 g/mol. The van der Waals surface area contributed by atoms with Crippen molar-refractivity contribution < 1.29 is 9.09 Å². The summed E-state index contributed by atoms with van der Waals surface area (Å²) in [6.45, 7) is 2.19. The van der Waals surface area contributed by atoms with Crippen LogP contribution in [0.3, 0.4) is 0 Å². The van der Waals surface area contributed by atoms with E-state index < -0.39 is 8.03 Å². The second kappa shape index (κ2) is 8.29. The highest BCUT2D eigenvalue weighted by molar-refractivity contribution is 7.39. The summed E-state index contributed by atoms with van der Waals surface area (Å²) in [6.07, 6.45) is 6.59. The Labute approximate surface area is 98.9 Å². The minimum atomic E-state index is -1.53. The average molecular weight is 239 g/mol. The molecule has 0 aliphatic rings. The maximum atomic E-state index is 11.6. The lowest BCUT2D eigenvalue weighted by atomic mass is 10.2. The van der Waals surface area contributed by atoms with Crippen molar-refractivity contribution in [2.24, 2.45) is 0 Å². The monoisotopic (exact) mass is 239 g/mol. The molecule has 0 aromatic heterocycles. The average Bonchev–Trinajstić information content (AvgIpc) is 2.30. The normalized spacial score (nSPS) is 11.2. The number of hydrogen-bond donors (Lipinski definition) is 0. The first-order valence-electron chi connectivity index (χ1n) is 6.00. The summed E-state index contributed by atoms with van der Waals surface area (Å²) in [7, 11) is -1.53. The van der Waals surface area contributed by atoms with Crippen LogP contribution in [-0.4, -0.2) is 6.16 Å². The van der Waals surface area contributed by atoms with Crippen molar-refractivity contribution in [2.45, 2.75) is 39.0 Å². The van der Waals surface area contributed by atoms with E-state index in [1.807, 2.05) is 30.3 Å². The zero-order valence-corrected chi connectivity index (χ0v) is 10.8. The van der Waals surface area contributed by atoms with Gasteiger partial charge in [-0.1, -0.05) is 44.4 Å². The smallest absolute Gasteiger partial charge is 0.254 e. The topological polar surface area (TPSA) is 26.3 Å². The van der Waals surface area contributed by atoms with Crippen molar-refractivity contribution in [3.8, 4) is 5.75 Å². The molecule has 16 heavy (non-hydrogen) atoms. The lowest BCUT2D eigenvalue weighted by Gasteiger charge is -1.94. The van der Waals surface area contributed by atoms with Crippen LogP contribution in [-0.2, 0) is 4.57 Å². The van der Waals surface area contributed by atoms with E-state index in [4.69, 9.17) is 4.52 Å². The fourth-order valence-corrected chi connectivity index (χ4v) is 2.42. The first-order chi connectivity index (χ1) is 7.83. The molecule has 0 bridgehead atoms. The summed E-state index contributed by atoms with van der Waals surface area (Å²) in [5.41, 5.74) is 0. The maximum absolute atomic E-state index is 11.6. The van der Waals surface area contributed by atoms with Crippen molar-refractivity contribution in [3.63, 3.8) is 0 Å². The molecule has 0 N–H and O–H groups in total. The van der Waals surface area contributed by atoms with Crippen molar-refractivity contribution in [3.05, 3.63) is 30.3 Å². The minimum Gasteiger partial charge on any atom is -0.254 e. The molecule has 1 atom stereocenters. The Morgan fingerprint density at radius 2 is 1.75 bits per heavy atom. The molecule has 0 radical (unpaired) electrons. The van der Waals surface area contributed by atoms with Gasteiger partial charge in [-0.2, -0.15) is 0 Å². The van der Waals surface area contributed by atoms with Gasteiger partial charge in [0.1, 0.15) is 0 Å². The Hall–Kier alpha value is -0.880. The quantitative estimate of drug-likeness (QED) is 0.482. The molecule has 0 fully saturated rings. The van der Waals surface area contributed by atoms with E-state index in [2.05, 4.69) is 6.92 Å². The fourth-order valence-electron chi connectivity index (χ4n) is 1.49. The van der Waals surface area contributed by atoms with Crippen LogP contribution in [0.2, 0.25) is 0 Å². The molecule has 3 heteroatoms. The number of para-hydroxylation sites is 1. The highest BCUT2D eigenvalue weighted by Gasteiger charge is 2.17. The molecule has 1 unspecified atom stereocenters. The molecule has 1 aromatic carbocycles. The van der Waals surface area contributed by atoms with Crippen LogP contribution in [0.4, 0.5) is 0 Å². The molecular formula is C13H20O2P+. The molecule has 0 saturated carbocycles. The second-order valence-corrected chi connectivity index (χ2v) is 5.17. The Morgan fingerprint density at radius 3 is 2.44 bits per heavy atom. The molecule has 88 valence electrons. The van der Waals surface area contributed by atoms with Crippen LogP contribution in [0.25, 0.3) is 0 Å². The van der Waals surface area contributed by atoms with E-state index in [9.17, 15) is 4.57 Å². The molecule has 0 spiro atoms. The third-order valence-electron chi connectivity index (χ3n) is 2.39. The van der Waals surface area contributed by atoms with Crippen LogP contribution < -0.4 is 4.52 Å². The molecule has 1 rings (SSSR count). The van der Waals surface area contributed by atoms with Crippen LogP contribution in [0.15, 0.2) is 30.3 Å². The van der Waals surface area contributed by atoms with E-state index in [1.54, 1.807) is 0 Å². The highest BCUT2D eigenvalue weighted by atomic mass is 31.1. The molecule has 0 aliphatic heterocycles. The van der Waals surface area contributed by atoms with Gasteiger partial charge in [0.15, 0.2) is 11.9 Å². The Balaban J connectivity index is 2.12. The zero-order chi connectivity index (χ0) is 11.6. The Bertz CT molecular complexity index is 298. The van der Waals surface area contributed by atoms with E-state index in [0.717, 1.165) is 12.8 Å². The van der Waals surface area contributed by atoms with Crippen LogP contribution >= 0.6 is 8.03 Å². The largest absolute Gasteiger partial charge is 0.556 e. The summed E-state index contributed by atoms with van der Waals surface area (Å²) >= 11 is 0. The number of unbranched alkanes of at least 4 members (excludes halogenated alkanes) is 4. The van der Waals surface area contributed by atoms with Gasteiger partial charge in [0.25, 0.3) is 0 Å². The van der Waals surface area contributed by atoms with E-state index in [0.29, 0.717) is 11.9 Å². The van der Waals surface area contributed by atoms with Crippen LogP contribution in [0.1, 0.15) is 39.0 Å². The predicted octanol–water partition coefficient (Wildman–Crippen LogP) is 4.78. The van der Waals surface area contributed by atoms with Crippen LogP contribution in [0.5, 0.6) is 5.75 Å². The molecule has 0 heterocycles. The molecule has 0 saturated heterocycles. The molecule has 2 nitrogen and oxygen atoms in total. The summed E-state index contributed by atoms with van der Waals surface area (Å²) in [5.74, 6) is 0.706. The Morgan fingerprint density at radius 1 is 1.06 bits per heavy atom. The lowest BCUT2D eigenvalue weighted by Crippen LogP contribution is -1.87. The molecule has 0 aliphatic carbocycles. The summed E-state index contributed by atoms with van der Waals surface area (Å²) in [4.78, 5) is 0. The standard InChI is InChI=1S/C13H20O2P/c1-2-3-4-5-9-12-16(14)15-13-10-7-6-8-11-13/h6-8,10-11H,2-5,9,12H2,1H3/q+1. The molecule has 1 aromatic rings. The third-order valence-corrected chi connectivity index (χ3v) is 3.49. The van der Waals surface area contributed by atoms with Gasteiger partial charge >= 0.3 is 8.03 Å². The van der Waals surface area contributed by atoms with E-state index in [1.165, 1.54) is 19.3 Å². The zero-order valence-electron chi connectivity index (χ0n) is 9.89. The minimum absolute atomic E-state index is 0.675. The van der Waals surface area contributed by atoms with Crippen molar-refractivity contribution in [2.75, 3.05) is 6.16 Å². The fraction of sp³-hybridized carbons (Fsp3) is 0.538. The van der Waals surface area contributed by atoms with Gasteiger partial charge in [-0.3, -0.25) is 4.52 Å². The lowest BCUT2D eigenvalue weighted by molar-refractivity contribution is 0.501. The van der Waals surface area contributed by atoms with Crippen molar-refractivity contribution >= 4 is 8.03 Å². The maximum Gasteiger partial charge on any atom is 0.556 e. The molecule has 0 amide bonds. The van der Waals surface area contributed by atoms with Gasteiger partial charge in [-0.15, -0.1) is 0 Å². The number of hydrogen-bond acceptors (Lipinski definition) is 2. The summed E-state index contributed by atoms with van der Waals surface area (Å²) in [6, 6.07) is 9.37. The van der Waals surface area contributed by atoms with Crippen LogP contribution in [0, 0.1) is 0 Å². The first-order valence-corrected chi connectivity index (χ1v) is 7.37. The van der Waals surface area contributed by atoms with Crippen molar-refractivity contribution in [1.82, 2.24) is 0 Å². The van der Waals surface area contributed by atoms with Gasteiger partial charge in [0.05, 0.1) is 0 Å². The predicted molar refractivity (Wildman–Crippen MR) is 68.3 cm³/mol. The van der Waals surface area contributed by atoms with Crippen molar-refractivity contribution in [1.29, 1.82) is 0 Å². The second-order valence-electron chi connectivity index (χ2n) is 3.87. The van der Waals surface area contributed by atoms with Gasteiger partial charge in [-0.25, -0.2) is 0 Å². The van der Waals surface area contributed by atoms with E-state index >= 15 is 0 Å². The summed E-state index contributed by atoms with van der Waals surface area (Å²) in [5, 5.41) is 0. The van der Waals surface area contributed by atoms with Gasteiger partial charge in [0.2, 0.25) is 0 Å². The number of rotatable bonds is 8. The first kappa shape index (κ1) is 13.2. The number of benzene rings is 1. The van der Waals surface area contributed by atoms with Gasteiger partial charge in [-0.05, 0) is 29.5 Å². The summed E-state index contributed by atoms with van der Waals surface area (Å²) < 4.78 is 16.9. The SMILES string of the molecule is CCCCCCC[P+](=O)Oc1ccccc1.